The van der Waals surface area contributed by atoms with Crippen molar-refractivity contribution in [2.45, 2.75) is 39.7 Å². The van der Waals surface area contributed by atoms with E-state index in [4.69, 9.17) is 14.2 Å². The van der Waals surface area contributed by atoms with E-state index in [9.17, 15) is 14.4 Å². The van der Waals surface area contributed by atoms with Gasteiger partial charge in [-0.3, -0.25) is 15.1 Å². The molecule has 0 aromatic heterocycles. The summed E-state index contributed by atoms with van der Waals surface area (Å²) in [5.41, 5.74) is 5.34. The number of amides is 1. The smallest absolute Gasteiger partial charge is 0.338 e. The number of aliphatic imine (C=N–C) groups is 1. The number of hydrogen-bond acceptors (Lipinski definition) is 10. The lowest BCUT2D eigenvalue weighted by Gasteiger charge is -2.32. The number of nitrogens with zero attached hydrogens (tertiary/aromatic N) is 3. The van der Waals surface area contributed by atoms with Crippen LogP contribution >= 0.6 is 11.8 Å². The quantitative estimate of drug-likeness (QED) is 0.252. The van der Waals surface area contributed by atoms with Gasteiger partial charge in [0.2, 0.25) is 0 Å². The summed E-state index contributed by atoms with van der Waals surface area (Å²) in [5, 5.41) is 4.88. The monoisotopic (exact) mass is 550 g/mol. The lowest BCUT2D eigenvalue weighted by Crippen LogP contribution is -2.40. The second-order valence-electron chi connectivity index (χ2n) is 8.66. The van der Waals surface area contributed by atoms with Crippen LogP contribution in [0.1, 0.15) is 55.6 Å². The summed E-state index contributed by atoms with van der Waals surface area (Å²) < 4.78 is 15.8. The number of hydrazone groups is 1. The van der Waals surface area contributed by atoms with Gasteiger partial charge in [-0.1, -0.05) is 25.5 Å². The number of methoxy groups -OCH3 is 1. The Morgan fingerprint density at radius 3 is 2.41 bits per heavy atom. The van der Waals surface area contributed by atoms with Crippen molar-refractivity contribution in [2.75, 3.05) is 25.7 Å². The molecule has 0 bridgehead atoms. The summed E-state index contributed by atoms with van der Waals surface area (Å²) in [6.07, 6.45) is 1.75. The molecule has 2 heterocycles. The summed E-state index contributed by atoms with van der Waals surface area (Å²) in [7, 11) is 1.57. The fraction of sp³-hybridized carbons (Fsp3) is 0.321. The van der Waals surface area contributed by atoms with Crippen molar-refractivity contribution in [3.05, 3.63) is 70.9 Å². The standard InChI is InChI=1S/C28H30N4O6S/c1-5-7-16-38-26(34)19-8-12-20(13-9-19)30-31-24-25(33)32-23(18-10-14-21(36-4)15-11-18)22(27(35)37-6-2)17(3)29-28(32)39-24/h8-15,23,30H,5-7,16H2,1-4H3/b31-24-/t23-/m1/s1. The van der Waals surface area contributed by atoms with Crippen LogP contribution in [0.2, 0.25) is 0 Å². The molecule has 1 amide bonds. The molecule has 1 atom stereocenters. The molecule has 2 aliphatic heterocycles. The van der Waals surface area contributed by atoms with E-state index >= 15 is 0 Å². The lowest BCUT2D eigenvalue weighted by atomic mass is 9.94. The Hall–Kier alpha value is -4.12. The molecule has 0 spiro atoms. The number of carbonyl (C=O) groups is 3. The lowest BCUT2D eigenvalue weighted by molar-refractivity contribution is -0.139. The van der Waals surface area contributed by atoms with Gasteiger partial charge in [-0.2, -0.15) is 5.10 Å². The van der Waals surface area contributed by atoms with Crippen molar-refractivity contribution >= 4 is 45.5 Å². The van der Waals surface area contributed by atoms with Crippen LogP contribution in [0.5, 0.6) is 5.75 Å². The molecular formula is C28H30N4O6S. The molecule has 10 nitrogen and oxygen atoms in total. The van der Waals surface area contributed by atoms with Crippen LogP contribution in [0, 0.1) is 0 Å². The molecule has 2 aromatic rings. The molecule has 0 radical (unpaired) electrons. The van der Waals surface area contributed by atoms with Gasteiger partial charge in [0.05, 0.1) is 48.9 Å². The third-order valence-electron chi connectivity index (χ3n) is 6.05. The van der Waals surface area contributed by atoms with Crippen LogP contribution in [0.15, 0.2) is 69.9 Å². The molecule has 1 saturated heterocycles. The highest BCUT2D eigenvalue weighted by molar-refractivity contribution is 8.29. The first-order valence-corrected chi connectivity index (χ1v) is 13.4. The summed E-state index contributed by atoms with van der Waals surface area (Å²) in [6, 6.07) is 13.0. The average Bonchev–Trinajstić information content (AvgIpc) is 3.26. The molecule has 4 rings (SSSR count). The molecule has 11 heteroatoms. The largest absolute Gasteiger partial charge is 0.497 e. The van der Waals surface area contributed by atoms with Gasteiger partial charge in [0.25, 0.3) is 5.91 Å². The Balaban J connectivity index is 1.57. The van der Waals surface area contributed by atoms with Gasteiger partial charge in [0.15, 0.2) is 10.2 Å². The Kier molecular flexibility index (Phi) is 9.03. The SMILES string of the molecule is CCCCOC(=O)c1ccc(N/N=C2\SC3=NC(C)=C(C(=O)OCC)[C@@H](c4ccc(OC)cc4)N3C2=O)cc1. The molecule has 0 unspecified atom stereocenters. The second kappa shape index (κ2) is 12.6. The normalized spacial score (nSPS) is 17.6. The molecule has 39 heavy (non-hydrogen) atoms. The second-order valence-corrected chi connectivity index (χ2v) is 9.62. The minimum Gasteiger partial charge on any atom is -0.497 e. The molecule has 204 valence electrons. The Labute approximate surface area is 231 Å². The zero-order valence-electron chi connectivity index (χ0n) is 22.2. The number of benzene rings is 2. The highest BCUT2D eigenvalue weighted by Crippen LogP contribution is 2.42. The summed E-state index contributed by atoms with van der Waals surface area (Å²) in [5.74, 6) is -0.677. The predicted octanol–water partition coefficient (Wildman–Crippen LogP) is 4.90. The summed E-state index contributed by atoms with van der Waals surface area (Å²) >= 11 is 1.11. The Morgan fingerprint density at radius 1 is 1.05 bits per heavy atom. The van der Waals surface area contributed by atoms with Crippen molar-refractivity contribution in [1.82, 2.24) is 4.90 Å². The predicted molar refractivity (Wildman–Crippen MR) is 150 cm³/mol. The van der Waals surface area contributed by atoms with E-state index in [1.165, 1.54) is 4.90 Å². The number of nitrogens with one attached hydrogen (secondary N) is 1. The first-order valence-electron chi connectivity index (χ1n) is 12.6. The van der Waals surface area contributed by atoms with Crippen LogP contribution in [0.3, 0.4) is 0 Å². The number of anilines is 1. The van der Waals surface area contributed by atoms with Crippen LogP contribution < -0.4 is 10.2 Å². The number of allylic oxidation sites excluding steroid dienone is 1. The van der Waals surface area contributed by atoms with Crippen molar-refractivity contribution < 1.29 is 28.6 Å². The number of amidine groups is 1. The molecule has 2 aromatic carbocycles. The minimum atomic E-state index is -0.742. The highest BCUT2D eigenvalue weighted by atomic mass is 32.2. The maximum atomic E-state index is 13.6. The Morgan fingerprint density at radius 2 is 1.77 bits per heavy atom. The van der Waals surface area contributed by atoms with Gasteiger partial charge in [-0.25, -0.2) is 14.6 Å². The number of unbranched alkanes of at least 4 members (excludes halogenated alkanes) is 1. The van der Waals surface area contributed by atoms with E-state index in [0.29, 0.717) is 40.0 Å². The fourth-order valence-electron chi connectivity index (χ4n) is 4.03. The van der Waals surface area contributed by atoms with Crippen LogP contribution in [-0.4, -0.2) is 53.3 Å². The zero-order chi connectivity index (χ0) is 27.9. The van der Waals surface area contributed by atoms with Crippen molar-refractivity contribution in [3.8, 4) is 5.75 Å². The fourth-order valence-corrected chi connectivity index (χ4v) is 4.95. The number of ether oxygens (including phenoxy) is 3. The highest BCUT2D eigenvalue weighted by Gasteiger charge is 2.46. The molecular weight excluding hydrogens is 520 g/mol. The molecule has 0 aliphatic carbocycles. The van der Waals surface area contributed by atoms with E-state index in [1.54, 1.807) is 69.5 Å². The first kappa shape index (κ1) is 27.9. The van der Waals surface area contributed by atoms with Gasteiger partial charge in [0.1, 0.15) is 5.75 Å². The minimum absolute atomic E-state index is 0.160. The van der Waals surface area contributed by atoms with E-state index in [-0.39, 0.29) is 23.2 Å². The number of thioether (sulfide) groups is 1. The van der Waals surface area contributed by atoms with Crippen LogP contribution in [0.4, 0.5) is 5.69 Å². The zero-order valence-corrected chi connectivity index (χ0v) is 23.0. The summed E-state index contributed by atoms with van der Waals surface area (Å²) in [6.45, 7) is 6.05. The van der Waals surface area contributed by atoms with Gasteiger partial charge in [0, 0.05) is 0 Å². The number of fused-ring (bicyclic) bond motifs is 1. The molecule has 1 N–H and O–H groups in total. The van der Waals surface area contributed by atoms with Crippen LogP contribution in [0.25, 0.3) is 0 Å². The van der Waals surface area contributed by atoms with Gasteiger partial charge in [-0.05, 0) is 74.0 Å². The number of esters is 2. The van der Waals surface area contributed by atoms with E-state index in [2.05, 4.69) is 15.5 Å². The van der Waals surface area contributed by atoms with E-state index in [0.717, 1.165) is 24.6 Å². The van der Waals surface area contributed by atoms with Gasteiger partial charge >= 0.3 is 11.9 Å². The summed E-state index contributed by atoms with van der Waals surface area (Å²) in [4.78, 5) is 44.6. The number of rotatable bonds is 10. The number of hydrogen-bond donors (Lipinski definition) is 1. The topological polar surface area (TPSA) is 119 Å². The van der Waals surface area contributed by atoms with Crippen molar-refractivity contribution in [3.63, 3.8) is 0 Å². The van der Waals surface area contributed by atoms with Crippen LogP contribution in [-0.2, 0) is 19.1 Å². The van der Waals surface area contributed by atoms with Gasteiger partial charge < -0.3 is 14.2 Å². The van der Waals surface area contributed by atoms with Crippen molar-refractivity contribution in [1.29, 1.82) is 0 Å². The van der Waals surface area contributed by atoms with Crippen molar-refractivity contribution in [2.24, 2.45) is 10.1 Å². The molecule has 2 aliphatic rings. The van der Waals surface area contributed by atoms with E-state index in [1.807, 2.05) is 6.92 Å². The number of carbonyl (C=O) groups excluding carboxylic acids is 3. The maximum Gasteiger partial charge on any atom is 0.338 e. The first-order chi connectivity index (χ1) is 18.9. The van der Waals surface area contributed by atoms with E-state index < -0.39 is 17.9 Å². The molecule has 0 saturated carbocycles. The van der Waals surface area contributed by atoms with Gasteiger partial charge in [-0.15, -0.1) is 0 Å². The Bertz CT molecular complexity index is 1330. The third kappa shape index (κ3) is 6.14. The average molecular weight is 551 g/mol. The maximum absolute atomic E-state index is 13.6. The third-order valence-corrected chi connectivity index (χ3v) is 6.98. The molecule has 1 fully saturated rings.